The fraction of sp³-hybridized carbons (Fsp3) is 0.833. The van der Waals surface area contributed by atoms with E-state index in [0.29, 0.717) is 19.3 Å². The summed E-state index contributed by atoms with van der Waals surface area (Å²) >= 11 is 0. The molecule has 1 heterocycles. The molecule has 0 aromatic heterocycles. The Labute approximate surface area is 150 Å². The number of hydrogen-bond donors (Lipinski definition) is 2. The van der Waals surface area contributed by atoms with Crippen LogP contribution < -0.4 is 10.7 Å². The van der Waals surface area contributed by atoms with Crippen molar-refractivity contribution in [2.45, 2.75) is 77.2 Å². The minimum Gasteiger partial charge on any atom is -0.322 e. The molecular formula is C18H32N4O3. The number of nitrogens with zero attached hydrogens (tertiary/aromatic N) is 2. The second-order valence-corrected chi connectivity index (χ2v) is 7.19. The van der Waals surface area contributed by atoms with Gasteiger partial charge in [0.15, 0.2) is 0 Å². The summed E-state index contributed by atoms with van der Waals surface area (Å²) in [7, 11) is 0. The molecule has 1 saturated carbocycles. The molecule has 0 aromatic rings. The van der Waals surface area contributed by atoms with Crippen LogP contribution in [0.15, 0.2) is 0 Å². The molecule has 0 aromatic carbocycles. The van der Waals surface area contributed by atoms with E-state index >= 15 is 0 Å². The molecule has 2 fully saturated rings. The number of nitrogens with one attached hydrogen (secondary N) is 2. The molecule has 1 saturated heterocycles. The Morgan fingerprint density at radius 2 is 1.76 bits per heavy atom. The van der Waals surface area contributed by atoms with Gasteiger partial charge in [-0.25, -0.2) is 4.79 Å². The molecule has 2 rings (SSSR count). The fourth-order valence-electron chi connectivity index (χ4n) is 3.83. The van der Waals surface area contributed by atoms with Crippen molar-refractivity contribution in [1.82, 2.24) is 20.7 Å². The van der Waals surface area contributed by atoms with Gasteiger partial charge in [0.2, 0.25) is 5.91 Å². The quantitative estimate of drug-likeness (QED) is 0.623. The van der Waals surface area contributed by atoms with Crippen LogP contribution in [-0.4, -0.2) is 52.9 Å². The van der Waals surface area contributed by atoms with Crippen LogP contribution in [0.25, 0.3) is 0 Å². The molecule has 1 aliphatic heterocycles. The molecule has 2 aliphatic rings. The van der Waals surface area contributed by atoms with Gasteiger partial charge in [0.25, 0.3) is 5.91 Å². The lowest BCUT2D eigenvalue weighted by Gasteiger charge is -2.30. The Morgan fingerprint density at radius 3 is 2.36 bits per heavy atom. The molecule has 0 radical (unpaired) electrons. The maximum atomic E-state index is 12.6. The van der Waals surface area contributed by atoms with Crippen molar-refractivity contribution >= 4 is 17.8 Å². The third kappa shape index (κ3) is 4.93. The van der Waals surface area contributed by atoms with Crippen LogP contribution in [0.5, 0.6) is 0 Å². The van der Waals surface area contributed by atoms with Gasteiger partial charge in [-0.2, -0.15) is 5.01 Å². The lowest BCUT2D eigenvalue weighted by atomic mass is 9.82. The Balaban J connectivity index is 1.80. The average molecular weight is 352 g/mol. The second kappa shape index (κ2) is 9.17. The SMILES string of the molecule is CCCN(CCC)CCCC(=O)NN1C(=O)NC2(CCCCC2)C1=O. The van der Waals surface area contributed by atoms with Gasteiger partial charge in [-0.3, -0.25) is 15.0 Å². The van der Waals surface area contributed by atoms with Gasteiger partial charge in [0.1, 0.15) is 5.54 Å². The van der Waals surface area contributed by atoms with E-state index in [1.807, 2.05) is 0 Å². The summed E-state index contributed by atoms with van der Waals surface area (Å²) in [6, 6.07) is -0.501. The number of carbonyl (C=O) groups excluding carboxylic acids is 3. The zero-order valence-corrected chi connectivity index (χ0v) is 15.6. The van der Waals surface area contributed by atoms with Gasteiger partial charge in [-0.15, -0.1) is 0 Å². The number of rotatable bonds is 9. The largest absolute Gasteiger partial charge is 0.344 e. The Kier molecular flexibility index (Phi) is 7.23. The van der Waals surface area contributed by atoms with Crippen LogP contribution in [0.3, 0.4) is 0 Å². The van der Waals surface area contributed by atoms with E-state index in [1.54, 1.807) is 0 Å². The van der Waals surface area contributed by atoms with Crippen molar-refractivity contribution in [2.24, 2.45) is 0 Å². The van der Waals surface area contributed by atoms with E-state index in [4.69, 9.17) is 0 Å². The van der Waals surface area contributed by atoms with Gasteiger partial charge in [-0.05, 0) is 51.7 Å². The maximum absolute atomic E-state index is 12.6. The Hall–Kier alpha value is -1.63. The summed E-state index contributed by atoms with van der Waals surface area (Å²) in [4.78, 5) is 39.2. The predicted molar refractivity (Wildman–Crippen MR) is 95.6 cm³/mol. The van der Waals surface area contributed by atoms with E-state index in [9.17, 15) is 14.4 Å². The smallest absolute Gasteiger partial charge is 0.322 e. The lowest BCUT2D eigenvalue weighted by molar-refractivity contribution is -0.139. The summed E-state index contributed by atoms with van der Waals surface area (Å²) in [5.41, 5.74) is 1.71. The van der Waals surface area contributed by atoms with Crippen molar-refractivity contribution in [2.75, 3.05) is 19.6 Å². The first-order valence-electron chi connectivity index (χ1n) is 9.71. The van der Waals surface area contributed by atoms with Crippen LogP contribution in [0.4, 0.5) is 4.79 Å². The van der Waals surface area contributed by atoms with Crippen molar-refractivity contribution in [3.63, 3.8) is 0 Å². The molecule has 4 amide bonds. The lowest BCUT2D eigenvalue weighted by Crippen LogP contribution is -2.51. The molecule has 0 bridgehead atoms. The van der Waals surface area contributed by atoms with Gasteiger partial charge in [0, 0.05) is 6.42 Å². The van der Waals surface area contributed by atoms with Crippen molar-refractivity contribution < 1.29 is 14.4 Å². The van der Waals surface area contributed by atoms with Gasteiger partial charge in [0.05, 0.1) is 0 Å². The van der Waals surface area contributed by atoms with Crippen LogP contribution >= 0.6 is 0 Å². The Bertz CT molecular complexity index is 483. The predicted octanol–water partition coefficient (Wildman–Crippen LogP) is 2.17. The van der Waals surface area contributed by atoms with Crippen LogP contribution in [0.2, 0.25) is 0 Å². The Morgan fingerprint density at radius 1 is 1.12 bits per heavy atom. The number of carbonyl (C=O) groups is 3. The zero-order valence-electron chi connectivity index (χ0n) is 15.6. The molecular weight excluding hydrogens is 320 g/mol. The highest BCUT2D eigenvalue weighted by molar-refractivity contribution is 6.07. The first kappa shape index (κ1) is 19.7. The van der Waals surface area contributed by atoms with Crippen LogP contribution in [0.1, 0.15) is 71.6 Å². The summed E-state index contributed by atoms with van der Waals surface area (Å²) in [6.45, 7) is 7.22. The molecule has 0 atom stereocenters. The average Bonchev–Trinajstić information content (AvgIpc) is 2.80. The highest BCUT2D eigenvalue weighted by Gasteiger charge is 2.52. The summed E-state index contributed by atoms with van der Waals surface area (Å²) < 4.78 is 0. The molecule has 0 unspecified atom stereocenters. The van der Waals surface area contributed by atoms with E-state index in [2.05, 4.69) is 29.5 Å². The van der Waals surface area contributed by atoms with Crippen molar-refractivity contribution in [1.29, 1.82) is 0 Å². The molecule has 1 spiro atoms. The van der Waals surface area contributed by atoms with Crippen LogP contribution in [0, 0.1) is 0 Å². The topological polar surface area (TPSA) is 81.8 Å². The zero-order chi connectivity index (χ0) is 18.3. The monoisotopic (exact) mass is 352 g/mol. The van der Waals surface area contributed by atoms with Crippen molar-refractivity contribution in [3.8, 4) is 0 Å². The number of hydrazine groups is 1. The summed E-state index contributed by atoms with van der Waals surface area (Å²) in [5.74, 6) is -0.576. The molecule has 1 aliphatic carbocycles. The van der Waals surface area contributed by atoms with Crippen LogP contribution in [-0.2, 0) is 9.59 Å². The fourth-order valence-corrected chi connectivity index (χ4v) is 3.83. The number of hydrogen-bond acceptors (Lipinski definition) is 4. The summed E-state index contributed by atoms with van der Waals surface area (Å²) in [5, 5.41) is 3.69. The molecule has 142 valence electrons. The van der Waals surface area contributed by atoms with E-state index in [1.165, 1.54) is 0 Å². The third-order valence-corrected chi connectivity index (χ3v) is 5.06. The summed E-state index contributed by atoms with van der Waals surface area (Å²) in [6.07, 6.45) is 7.49. The minimum absolute atomic E-state index is 0.274. The van der Waals surface area contributed by atoms with Gasteiger partial charge < -0.3 is 10.2 Å². The highest BCUT2D eigenvalue weighted by Crippen LogP contribution is 2.32. The molecule has 7 heteroatoms. The molecule has 25 heavy (non-hydrogen) atoms. The van der Waals surface area contributed by atoms with E-state index < -0.39 is 11.6 Å². The number of imide groups is 1. The minimum atomic E-state index is -0.790. The first-order valence-corrected chi connectivity index (χ1v) is 9.71. The van der Waals surface area contributed by atoms with Gasteiger partial charge >= 0.3 is 6.03 Å². The standard InChI is InChI=1S/C18H32N4O3/c1-3-12-21(13-4-2)14-8-9-15(23)20-22-16(24)18(19-17(22)25)10-6-5-7-11-18/h3-14H2,1-2H3,(H,19,25)(H,20,23). The van der Waals surface area contributed by atoms with E-state index in [0.717, 1.165) is 63.2 Å². The highest BCUT2D eigenvalue weighted by atomic mass is 16.2. The first-order chi connectivity index (χ1) is 12.0. The number of amides is 4. The molecule has 2 N–H and O–H groups in total. The van der Waals surface area contributed by atoms with E-state index in [-0.39, 0.29) is 11.8 Å². The normalized spacial score (nSPS) is 19.6. The second-order valence-electron chi connectivity index (χ2n) is 7.19. The third-order valence-electron chi connectivity index (χ3n) is 5.06. The molecule has 7 nitrogen and oxygen atoms in total. The van der Waals surface area contributed by atoms with Gasteiger partial charge in [-0.1, -0.05) is 33.1 Å². The number of urea groups is 1. The van der Waals surface area contributed by atoms with Crippen molar-refractivity contribution in [3.05, 3.63) is 0 Å². The maximum Gasteiger partial charge on any atom is 0.344 e.